The van der Waals surface area contributed by atoms with E-state index in [-0.39, 0.29) is 29.1 Å². The SMILES string of the molecule is O=C(O)COc1cc2cc(OC(=O)N[C@H](C(=O)O)[C@H](OCc3ccccc3)C(=O)O)c(=O)oc2cc1OCC(=O)O. The van der Waals surface area contributed by atoms with Gasteiger partial charge in [-0.25, -0.2) is 28.8 Å². The summed E-state index contributed by atoms with van der Waals surface area (Å²) in [5.74, 6) is -7.49. The molecule has 0 saturated heterocycles. The van der Waals surface area contributed by atoms with E-state index < -0.39 is 66.7 Å². The zero-order chi connectivity index (χ0) is 30.1. The maximum absolute atomic E-state index is 12.5. The van der Waals surface area contributed by atoms with Gasteiger partial charge in [0.25, 0.3) is 0 Å². The van der Waals surface area contributed by atoms with Crippen LogP contribution in [0.1, 0.15) is 5.56 Å². The van der Waals surface area contributed by atoms with Gasteiger partial charge in [0.1, 0.15) is 5.58 Å². The summed E-state index contributed by atoms with van der Waals surface area (Å²) >= 11 is 0. The third kappa shape index (κ3) is 8.42. The Hall–Kier alpha value is -5.64. The van der Waals surface area contributed by atoms with Gasteiger partial charge < -0.3 is 49.1 Å². The van der Waals surface area contributed by atoms with Crippen LogP contribution in [-0.2, 0) is 30.5 Å². The maximum Gasteiger partial charge on any atom is 0.413 e. The summed E-state index contributed by atoms with van der Waals surface area (Å²) in [7, 11) is 0. The first-order valence-electron chi connectivity index (χ1n) is 11.3. The van der Waals surface area contributed by atoms with Crippen LogP contribution in [0.3, 0.4) is 0 Å². The van der Waals surface area contributed by atoms with Crippen LogP contribution < -0.4 is 25.2 Å². The molecule has 0 fully saturated rings. The molecule has 16 heteroatoms. The highest BCUT2D eigenvalue weighted by Gasteiger charge is 2.37. The van der Waals surface area contributed by atoms with E-state index in [2.05, 4.69) is 0 Å². The lowest BCUT2D eigenvalue weighted by Gasteiger charge is -2.21. The number of nitrogens with one attached hydrogen (secondary N) is 1. The van der Waals surface area contributed by atoms with Crippen molar-refractivity contribution in [2.24, 2.45) is 0 Å². The summed E-state index contributed by atoms with van der Waals surface area (Å²) in [6.07, 6.45) is -3.59. The number of ether oxygens (including phenoxy) is 4. The van der Waals surface area contributed by atoms with Crippen LogP contribution in [0, 0.1) is 0 Å². The predicted octanol–water partition coefficient (Wildman–Crippen LogP) is 0.931. The number of carboxylic acid groups (broad SMARTS) is 4. The number of rotatable bonds is 14. The Balaban J connectivity index is 1.83. The van der Waals surface area contributed by atoms with Gasteiger partial charge in [0, 0.05) is 11.5 Å². The topological polar surface area (TPSA) is 245 Å². The van der Waals surface area contributed by atoms with E-state index in [1.165, 1.54) is 0 Å². The molecule has 1 amide bonds. The third-order valence-electron chi connectivity index (χ3n) is 5.03. The van der Waals surface area contributed by atoms with Gasteiger partial charge in [-0.2, -0.15) is 0 Å². The van der Waals surface area contributed by atoms with Gasteiger partial charge in [-0.05, 0) is 17.7 Å². The van der Waals surface area contributed by atoms with Gasteiger partial charge in [0.2, 0.25) is 5.75 Å². The first kappa shape index (κ1) is 29.9. The number of amides is 1. The summed E-state index contributed by atoms with van der Waals surface area (Å²) < 4.78 is 25.2. The number of carboxylic acids is 4. The van der Waals surface area contributed by atoms with Gasteiger partial charge in [-0.1, -0.05) is 30.3 Å². The van der Waals surface area contributed by atoms with Gasteiger partial charge >= 0.3 is 35.6 Å². The molecule has 0 unspecified atom stereocenters. The Morgan fingerprint density at radius 3 is 1.95 bits per heavy atom. The van der Waals surface area contributed by atoms with Crippen LogP contribution >= 0.6 is 0 Å². The van der Waals surface area contributed by atoms with E-state index in [0.29, 0.717) is 5.56 Å². The number of carbonyl (C=O) groups excluding carboxylic acids is 1. The van der Waals surface area contributed by atoms with E-state index >= 15 is 0 Å². The molecule has 2 aromatic carbocycles. The highest BCUT2D eigenvalue weighted by Crippen LogP contribution is 2.33. The van der Waals surface area contributed by atoms with Crippen LogP contribution in [0.15, 0.2) is 57.7 Å². The van der Waals surface area contributed by atoms with Crippen LogP contribution in [0.4, 0.5) is 4.79 Å². The van der Waals surface area contributed by atoms with Crippen molar-refractivity contribution in [1.29, 1.82) is 0 Å². The van der Waals surface area contributed by atoms with E-state index in [4.69, 9.17) is 33.6 Å². The fourth-order valence-electron chi connectivity index (χ4n) is 3.28. The van der Waals surface area contributed by atoms with E-state index in [0.717, 1.165) is 18.2 Å². The molecule has 1 aromatic heterocycles. The molecule has 41 heavy (non-hydrogen) atoms. The lowest BCUT2D eigenvalue weighted by atomic mass is 10.1. The normalized spacial score (nSPS) is 12.1. The fourth-order valence-corrected chi connectivity index (χ4v) is 3.28. The Bertz CT molecular complexity index is 1510. The summed E-state index contributed by atoms with van der Waals surface area (Å²) in [6, 6.07) is 9.20. The minimum Gasteiger partial charge on any atom is -0.480 e. The summed E-state index contributed by atoms with van der Waals surface area (Å²) in [6.45, 7) is -1.97. The zero-order valence-corrected chi connectivity index (χ0v) is 20.7. The molecule has 0 radical (unpaired) electrons. The molecule has 0 aliphatic carbocycles. The third-order valence-corrected chi connectivity index (χ3v) is 5.03. The van der Waals surface area contributed by atoms with Crippen LogP contribution in [0.5, 0.6) is 17.2 Å². The van der Waals surface area contributed by atoms with Crippen LogP contribution in [0.25, 0.3) is 11.0 Å². The van der Waals surface area contributed by atoms with Crippen molar-refractivity contribution < 1.29 is 67.8 Å². The lowest BCUT2D eigenvalue weighted by molar-refractivity contribution is -0.161. The average Bonchev–Trinajstić information content (AvgIpc) is 2.90. The van der Waals surface area contributed by atoms with Crippen molar-refractivity contribution >= 4 is 40.9 Å². The molecule has 0 saturated carbocycles. The number of benzene rings is 2. The molecule has 5 N–H and O–H groups in total. The van der Waals surface area contributed by atoms with E-state index in [1.807, 2.05) is 5.32 Å². The summed E-state index contributed by atoms with van der Waals surface area (Å²) in [4.78, 5) is 70.1. The first-order chi connectivity index (χ1) is 19.4. The number of fused-ring (bicyclic) bond motifs is 1. The number of aliphatic carboxylic acids is 4. The maximum atomic E-state index is 12.5. The van der Waals surface area contributed by atoms with Crippen LogP contribution in [0.2, 0.25) is 0 Å². The average molecular weight is 575 g/mol. The summed E-state index contributed by atoms with van der Waals surface area (Å²) in [5.41, 5.74) is -0.907. The van der Waals surface area contributed by atoms with Crippen molar-refractivity contribution in [1.82, 2.24) is 5.32 Å². The Morgan fingerprint density at radius 1 is 0.805 bits per heavy atom. The molecular formula is C25H21NO15. The molecular weight excluding hydrogens is 554 g/mol. The molecule has 0 spiro atoms. The van der Waals surface area contributed by atoms with Gasteiger partial charge in [0.05, 0.1) is 6.61 Å². The quantitative estimate of drug-likeness (QED) is 0.168. The van der Waals surface area contributed by atoms with Crippen molar-refractivity contribution in [2.45, 2.75) is 18.8 Å². The standard InChI is InChI=1S/C25H21NO15/c27-18(28)10-37-15-6-13-7-17(24(35)40-14(13)8-16(15)38-11-19(29)30)41-25(36)26-20(22(31)32)21(23(33)34)39-9-12-4-2-1-3-5-12/h1-8,20-21H,9-11H2,(H,26,36)(H,27,28)(H,29,30)(H,31,32)(H,33,34)/t20-,21-/m0/s1. The summed E-state index contributed by atoms with van der Waals surface area (Å²) in [5, 5.41) is 38.6. The van der Waals surface area contributed by atoms with Crippen molar-refractivity contribution in [3.63, 3.8) is 0 Å². The number of hydrogen-bond donors (Lipinski definition) is 5. The molecule has 0 bridgehead atoms. The van der Waals surface area contributed by atoms with Gasteiger partial charge in [0.15, 0.2) is 36.9 Å². The minimum atomic E-state index is -2.14. The second-order valence-corrected chi connectivity index (χ2v) is 8.00. The Kier molecular flexibility index (Phi) is 9.80. The monoisotopic (exact) mass is 575 g/mol. The lowest BCUT2D eigenvalue weighted by Crippen LogP contribution is -2.53. The highest BCUT2D eigenvalue weighted by atomic mass is 16.6. The molecule has 1 heterocycles. The first-order valence-corrected chi connectivity index (χ1v) is 11.3. The van der Waals surface area contributed by atoms with E-state index in [1.54, 1.807) is 30.3 Å². The molecule has 16 nitrogen and oxygen atoms in total. The van der Waals surface area contributed by atoms with Crippen molar-refractivity contribution in [3.8, 4) is 17.2 Å². The highest BCUT2D eigenvalue weighted by molar-refractivity contribution is 5.88. The molecule has 216 valence electrons. The van der Waals surface area contributed by atoms with Crippen molar-refractivity contribution in [2.75, 3.05) is 13.2 Å². The van der Waals surface area contributed by atoms with Crippen LogP contribution in [-0.4, -0.2) is 75.8 Å². The smallest absolute Gasteiger partial charge is 0.413 e. The molecule has 3 rings (SSSR count). The van der Waals surface area contributed by atoms with Crippen molar-refractivity contribution in [3.05, 3.63) is 64.5 Å². The Labute approximate surface area is 228 Å². The van der Waals surface area contributed by atoms with E-state index in [9.17, 15) is 39.0 Å². The number of hydrogen-bond acceptors (Lipinski definition) is 11. The largest absolute Gasteiger partial charge is 0.480 e. The zero-order valence-electron chi connectivity index (χ0n) is 20.7. The number of carbonyl (C=O) groups is 5. The van der Waals surface area contributed by atoms with Gasteiger partial charge in [-0.15, -0.1) is 0 Å². The van der Waals surface area contributed by atoms with Gasteiger partial charge in [-0.3, -0.25) is 0 Å². The molecule has 2 atom stereocenters. The molecule has 3 aromatic rings. The molecule has 0 aliphatic heterocycles. The second kappa shape index (κ2) is 13.4. The minimum absolute atomic E-state index is 0.000134. The fraction of sp³-hybridized carbons (Fsp3) is 0.200. The Morgan fingerprint density at radius 2 is 1.39 bits per heavy atom. The molecule has 0 aliphatic rings. The second-order valence-electron chi connectivity index (χ2n) is 8.00. The predicted molar refractivity (Wildman–Crippen MR) is 132 cm³/mol.